The van der Waals surface area contributed by atoms with Gasteiger partial charge in [0.2, 0.25) is 23.7 Å². The average molecular weight is 204 g/mol. The topological polar surface area (TPSA) is 113 Å². The molecular formula is C8H8N6O. The van der Waals surface area contributed by atoms with E-state index in [0.717, 1.165) is 0 Å². The molecule has 2 heterocycles. The van der Waals surface area contributed by atoms with E-state index in [1.807, 2.05) is 0 Å². The lowest BCUT2D eigenvalue weighted by Gasteiger charge is -2.03. The fourth-order valence-electron chi connectivity index (χ4n) is 0.934. The second kappa shape index (κ2) is 3.74. The van der Waals surface area contributed by atoms with E-state index < -0.39 is 0 Å². The Morgan fingerprint density at radius 3 is 1.73 bits per heavy atom. The normalized spacial score (nSPS) is 9.87. The lowest BCUT2D eigenvalue weighted by molar-refractivity contribution is 0.444. The number of nitrogen functional groups attached to an aromatic ring is 2. The summed E-state index contributed by atoms with van der Waals surface area (Å²) in [5.74, 6) is 0.880. The van der Waals surface area contributed by atoms with Gasteiger partial charge in [0.25, 0.3) is 0 Å². The lowest BCUT2D eigenvalue weighted by Crippen LogP contribution is -1.99. The number of aromatic nitrogens is 4. The zero-order valence-electron chi connectivity index (χ0n) is 7.66. The van der Waals surface area contributed by atoms with Crippen molar-refractivity contribution in [2.45, 2.75) is 0 Å². The van der Waals surface area contributed by atoms with Crippen molar-refractivity contribution in [2.75, 3.05) is 11.5 Å². The van der Waals surface area contributed by atoms with Gasteiger partial charge in [0, 0.05) is 24.5 Å². The van der Waals surface area contributed by atoms with Crippen molar-refractivity contribution in [3.05, 3.63) is 24.5 Å². The maximum Gasteiger partial charge on any atom is 0.226 e. The SMILES string of the molecule is Nc1nccc(Oc2ccnc(N)n2)n1. The molecule has 0 aliphatic heterocycles. The Balaban J connectivity index is 2.22. The molecule has 0 amide bonds. The quantitative estimate of drug-likeness (QED) is 0.719. The van der Waals surface area contributed by atoms with E-state index in [0.29, 0.717) is 11.8 Å². The maximum atomic E-state index is 5.38. The summed E-state index contributed by atoms with van der Waals surface area (Å²) < 4.78 is 5.28. The molecule has 0 bridgehead atoms. The highest BCUT2D eigenvalue weighted by molar-refractivity contribution is 5.26. The van der Waals surface area contributed by atoms with E-state index in [1.54, 1.807) is 12.1 Å². The van der Waals surface area contributed by atoms with Crippen molar-refractivity contribution in [3.8, 4) is 11.8 Å². The van der Waals surface area contributed by atoms with Crippen molar-refractivity contribution in [1.82, 2.24) is 19.9 Å². The molecule has 7 heteroatoms. The average Bonchev–Trinajstić information content (AvgIpc) is 2.17. The minimum Gasteiger partial charge on any atom is -0.420 e. The predicted octanol–water partition coefficient (Wildman–Crippen LogP) is 0.223. The van der Waals surface area contributed by atoms with E-state index in [4.69, 9.17) is 16.2 Å². The zero-order chi connectivity index (χ0) is 10.7. The first-order valence-electron chi connectivity index (χ1n) is 4.09. The summed E-state index contributed by atoms with van der Waals surface area (Å²) >= 11 is 0. The number of rotatable bonds is 2. The van der Waals surface area contributed by atoms with Gasteiger partial charge in [-0.1, -0.05) is 0 Å². The van der Waals surface area contributed by atoms with Gasteiger partial charge >= 0.3 is 0 Å². The highest BCUT2D eigenvalue weighted by Crippen LogP contribution is 2.16. The summed E-state index contributed by atoms with van der Waals surface area (Å²) in [5, 5.41) is 0. The van der Waals surface area contributed by atoms with Crippen molar-refractivity contribution in [2.24, 2.45) is 0 Å². The van der Waals surface area contributed by atoms with Crippen LogP contribution < -0.4 is 16.2 Å². The molecule has 7 nitrogen and oxygen atoms in total. The lowest BCUT2D eigenvalue weighted by atomic mass is 10.6. The fraction of sp³-hybridized carbons (Fsp3) is 0. The van der Waals surface area contributed by atoms with Gasteiger partial charge in [-0.3, -0.25) is 0 Å². The second-order valence-corrected chi connectivity index (χ2v) is 2.61. The molecule has 2 rings (SSSR count). The van der Waals surface area contributed by atoms with Crippen LogP contribution in [0.25, 0.3) is 0 Å². The summed E-state index contributed by atoms with van der Waals surface area (Å²) in [4.78, 5) is 15.1. The van der Waals surface area contributed by atoms with Crippen LogP contribution in [-0.2, 0) is 0 Å². The van der Waals surface area contributed by atoms with Crippen LogP contribution >= 0.6 is 0 Å². The number of hydrogen-bond acceptors (Lipinski definition) is 7. The van der Waals surface area contributed by atoms with Gasteiger partial charge in [-0.15, -0.1) is 0 Å². The van der Waals surface area contributed by atoms with Crippen LogP contribution in [0.15, 0.2) is 24.5 Å². The third kappa shape index (κ3) is 2.27. The third-order valence-electron chi connectivity index (χ3n) is 1.51. The van der Waals surface area contributed by atoms with E-state index in [9.17, 15) is 0 Å². The van der Waals surface area contributed by atoms with Crippen molar-refractivity contribution < 1.29 is 4.74 Å². The molecule has 15 heavy (non-hydrogen) atoms. The van der Waals surface area contributed by atoms with Crippen molar-refractivity contribution in [1.29, 1.82) is 0 Å². The van der Waals surface area contributed by atoms with E-state index in [2.05, 4.69) is 19.9 Å². The van der Waals surface area contributed by atoms with Gasteiger partial charge in [-0.2, -0.15) is 9.97 Å². The Hall–Kier alpha value is -2.44. The molecule has 0 aromatic carbocycles. The van der Waals surface area contributed by atoms with Crippen LogP contribution in [0.4, 0.5) is 11.9 Å². The Kier molecular flexibility index (Phi) is 2.28. The third-order valence-corrected chi connectivity index (χ3v) is 1.51. The Labute approximate surface area is 85.2 Å². The molecule has 2 aromatic rings. The summed E-state index contributed by atoms with van der Waals surface area (Å²) in [6.45, 7) is 0. The van der Waals surface area contributed by atoms with Crippen LogP contribution in [0.3, 0.4) is 0 Å². The number of ether oxygens (including phenoxy) is 1. The monoisotopic (exact) mass is 204 g/mol. The molecule has 76 valence electrons. The highest BCUT2D eigenvalue weighted by atomic mass is 16.5. The van der Waals surface area contributed by atoms with Gasteiger partial charge in [-0.25, -0.2) is 9.97 Å². The minimum atomic E-state index is 0.134. The fourth-order valence-corrected chi connectivity index (χ4v) is 0.934. The van der Waals surface area contributed by atoms with Crippen LogP contribution in [0.5, 0.6) is 11.8 Å². The van der Waals surface area contributed by atoms with Crippen molar-refractivity contribution in [3.63, 3.8) is 0 Å². The summed E-state index contributed by atoms with van der Waals surface area (Å²) in [6, 6.07) is 3.13. The first-order valence-corrected chi connectivity index (χ1v) is 4.09. The Morgan fingerprint density at radius 1 is 0.867 bits per heavy atom. The Bertz CT molecular complexity index is 431. The molecule has 4 N–H and O–H groups in total. The van der Waals surface area contributed by atoms with Crippen LogP contribution in [0, 0.1) is 0 Å². The number of nitrogens with zero attached hydrogens (tertiary/aromatic N) is 4. The highest BCUT2D eigenvalue weighted by Gasteiger charge is 2.01. The molecule has 0 aliphatic carbocycles. The first kappa shape index (κ1) is 9.13. The number of hydrogen-bond donors (Lipinski definition) is 2. The molecule has 0 saturated carbocycles. The predicted molar refractivity (Wildman–Crippen MR) is 53.0 cm³/mol. The summed E-state index contributed by atoms with van der Waals surface area (Å²) in [5.41, 5.74) is 10.8. The molecule has 2 aromatic heterocycles. The maximum absolute atomic E-state index is 5.38. The molecule has 0 fully saturated rings. The van der Waals surface area contributed by atoms with E-state index in [-0.39, 0.29) is 11.9 Å². The number of anilines is 2. The second-order valence-electron chi connectivity index (χ2n) is 2.61. The summed E-state index contributed by atoms with van der Waals surface area (Å²) in [6.07, 6.45) is 2.98. The first-order chi connectivity index (χ1) is 7.24. The van der Waals surface area contributed by atoms with Gasteiger partial charge < -0.3 is 16.2 Å². The number of nitrogens with two attached hydrogens (primary N) is 2. The van der Waals surface area contributed by atoms with Gasteiger partial charge in [-0.05, 0) is 0 Å². The van der Waals surface area contributed by atoms with Crippen LogP contribution in [0.2, 0.25) is 0 Å². The van der Waals surface area contributed by atoms with Gasteiger partial charge in [0.15, 0.2) is 0 Å². The Morgan fingerprint density at radius 2 is 1.33 bits per heavy atom. The largest absolute Gasteiger partial charge is 0.420 e. The minimum absolute atomic E-state index is 0.134. The molecule has 0 unspecified atom stereocenters. The van der Waals surface area contributed by atoms with Gasteiger partial charge in [0.1, 0.15) is 0 Å². The molecule has 0 saturated heterocycles. The summed E-state index contributed by atoms with van der Waals surface area (Å²) in [7, 11) is 0. The standard InChI is InChI=1S/C8H8N6O/c9-7-11-3-1-5(13-7)15-6-2-4-12-8(10)14-6/h1-4H,(H2,9,11,13)(H2,10,12,14). The van der Waals surface area contributed by atoms with Crippen molar-refractivity contribution >= 4 is 11.9 Å². The van der Waals surface area contributed by atoms with Crippen LogP contribution in [-0.4, -0.2) is 19.9 Å². The molecule has 0 atom stereocenters. The smallest absolute Gasteiger partial charge is 0.226 e. The van der Waals surface area contributed by atoms with E-state index in [1.165, 1.54) is 12.4 Å². The zero-order valence-corrected chi connectivity index (χ0v) is 7.66. The molecule has 0 spiro atoms. The molecular weight excluding hydrogens is 196 g/mol. The molecule has 0 aliphatic rings. The van der Waals surface area contributed by atoms with E-state index >= 15 is 0 Å². The van der Waals surface area contributed by atoms with Gasteiger partial charge in [0.05, 0.1) is 0 Å². The molecule has 0 radical (unpaired) electrons. The van der Waals surface area contributed by atoms with Crippen LogP contribution in [0.1, 0.15) is 0 Å².